The summed E-state index contributed by atoms with van der Waals surface area (Å²) in [6.45, 7) is 20.8. The van der Waals surface area contributed by atoms with Gasteiger partial charge in [-0.05, 0) is 52.3 Å². The van der Waals surface area contributed by atoms with Gasteiger partial charge in [0.1, 0.15) is 0 Å². The molecule has 0 amide bonds. The van der Waals surface area contributed by atoms with Crippen LogP contribution in [0.25, 0.3) is 0 Å². The van der Waals surface area contributed by atoms with E-state index in [1.54, 1.807) is 6.08 Å². The van der Waals surface area contributed by atoms with Crippen LogP contribution in [-0.2, 0) is 4.74 Å². The van der Waals surface area contributed by atoms with Gasteiger partial charge in [-0.1, -0.05) is 33.8 Å². The molecule has 0 saturated carbocycles. The molecule has 1 N–H and O–H groups in total. The van der Waals surface area contributed by atoms with Crippen LogP contribution in [0.3, 0.4) is 0 Å². The van der Waals surface area contributed by atoms with Crippen molar-refractivity contribution in [1.82, 2.24) is 5.32 Å². The minimum atomic E-state index is 0.398. The first-order valence-corrected chi connectivity index (χ1v) is 7.75. The van der Waals surface area contributed by atoms with Gasteiger partial charge in [0.15, 0.2) is 0 Å². The lowest BCUT2D eigenvalue weighted by molar-refractivity contribution is 0.136. The molecular formula is C17H35NO. The Balaban J connectivity index is 0. The van der Waals surface area contributed by atoms with E-state index in [1.807, 2.05) is 34.6 Å². The molecule has 19 heavy (non-hydrogen) atoms. The SMILES string of the molecule is C=CC.CC.CC.CC1=C(C)C2(CCNCC2)CO1. The average Bonchev–Trinajstić information content (AvgIpc) is 2.74. The molecule has 0 radical (unpaired) electrons. The Hall–Kier alpha value is -0.760. The van der Waals surface area contributed by atoms with Crippen molar-refractivity contribution in [2.24, 2.45) is 5.41 Å². The summed E-state index contributed by atoms with van der Waals surface area (Å²) < 4.78 is 5.61. The third-order valence-corrected chi connectivity index (χ3v) is 3.45. The lowest BCUT2D eigenvalue weighted by atomic mass is 9.75. The second kappa shape index (κ2) is 12.3. The first-order valence-electron chi connectivity index (χ1n) is 7.75. The van der Waals surface area contributed by atoms with E-state index in [9.17, 15) is 0 Å². The minimum Gasteiger partial charge on any atom is -0.497 e. The van der Waals surface area contributed by atoms with Crippen LogP contribution in [0.5, 0.6) is 0 Å². The predicted molar refractivity (Wildman–Crippen MR) is 87.4 cm³/mol. The molecule has 1 fully saturated rings. The van der Waals surface area contributed by atoms with E-state index in [1.165, 1.54) is 18.4 Å². The number of ether oxygens (including phenoxy) is 1. The fourth-order valence-corrected chi connectivity index (χ4v) is 2.26. The minimum absolute atomic E-state index is 0.398. The van der Waals surface area contributed by atoms with Crippen molar-refractivity contribution >= 4 is 0 Å². The van der Waals surface area contributed by atoms with Gasteiger partial charge in [0, 0.05) is 5.41 Å². The van der Waals surface area contributed by atoms with E-state index >= 15 is 0 Å². The van der Waals surface area contributed by atoms with Crippen molar-refractivity contribution in [2.75, 3.05) is 19.7 Å². The van der Waals surface area contributed by atoms with Crippen molar-refractivity contribution < 1.29 is 4.74 Å². The molecule has 0 aromatic carbocycles. The zero-order chi connectivity index (χ0) is 15.3. The van der Waals surface area contributed by atoms with Crippen LogP contribution in [0.4, 0.5) is 0 Å². The second-order valence-electron chi connectivity index (χ2n) is 4.41. The summed E-state index contributed by atoms with van der Waals surface area (Å²) in [5.74, 6) is 1.16. The van der Waals surface area contributed by atoms with Crippen LogP contribution < -0.4 is 5.32 Å². The molecule has 114 valence electrons. The highest BCUT2D eigenvalue weighted by atomic mass is 16.5. The summed E-state index contributed by atoms with van der Waals surface area (Å²) in [6.07, 6.45) is 4.24. The Morgan fingerprint density at radius 1 is 1.11 bits per heavy atom. The van der Waals surface area contributed by atoms with Gasteiger partial charge in [0.2, 0.25) is 0 Å². The number of nitrogens with one attached hydrogen (secondary N) is 1. The van der Waals surface area contributed by atoms with Crippen LogP contribution in [0, 0.1) is 5.41 Å². The van der Waals surface area contributed by atoms with Crippen molar-refractivity contribution in [3.05, 3.63) is 24.0 Å². The summed E-state index contributed by atoms with van der Waals surface area (Å²) in [5, 5.41) is 3.39. The second-order valence-corrected chi connectivity index (χ2v) is 4.41. The molecule has 1 spiro atoms. The highest BCUT2D eigenvalue weighted by Crippen LogP contribution is 2.43. The zero-order valence-electron chi connectivity index (χ0n) is 14.2. The van der Waals surface area contributed by atoms with Gasteiger partial charge in [-0.2, -0.15) is 0 Å². The van der Waals surface area contributed by atoms with Crippen LogP contribution in [0.2, 0.25) is 0 Å². The fourth-order valence-electron chi connectivity index (χ4n) is 2.26. The molecule has 2 nitrogen and oxygen atoms in total. The van der Waals surface area contributed by atoms with Crippen molar-refractivity contribution in [3.8, 4) is 0 Å². The Morgan fingerprint density at radius 3 is 1.84 bits per heavy atom. The molecule has 0 aliphatic carbocycles. The lowest BCUT2D eigenvalue weighted by Gasteiger charge is -2.33. The van der Waals surface area contributed by atoms with Crippen LogP contribution in [0.15, 0.2) is 24.0 Å². The maximum absolute atomic E-state index is 5.61. The van der Waals surface area contributed by atoms with Gasteiger partial charge in [-0.3, -0.25) is 0 Å². The van der Waals surface area contributed by atoms with Crippen molar-refractivity contribution in [3.63, 3.8) is 0 Å². The van der Waals surface area contributed by atoms with Crippen molar-refractivity contribution in [1.29, 1.82) is 0 Å². The number of hydrogen-bond donors (Lipinski definition) is 1. The van der Waals surface area contributed by atoms with Gasteiger partial charge in [-0.15, -0.1) is 6.58 Å². The van der Waals surface area contributed by atoms with E-state index < -0.39 is 0 Å². The summed E-state index contributed by atoms with van der Waals surface area (Å²) in [5.41, 5.74) is 1.89. The Bertz CT molecular complexity index is 250. The average molecular weight is 269 g/mol. The molecule has 0 aromatic rings. The Kier molecular flexibility index (Phi) is 13.3. The quantitative estimate of drug-likeness (QED) is 0.630. The zero-order valence-corrected chi connectivity index (χ0v) is 14.2. The number of rotatable bonds is 0. The molecule has 2 heterocycles. The van der Waals surface area contributed by atoms with Gasteiger partial charge >= 0.3 is 0 Å². The van der Waals surface area contributed by atoms with Crippen LogP contribution in [0.1, 0.15) is 61.3 Å². The number of hydrogen-bond acceptors (Lipinski definition) is 2. The highest BCUT2D eigenvalue weighted by molar-refractivity contribution is 5.21. The first kappa shape index (κ1) is 20.6. The predicted octanol–water partition coefficient (Wildman–Crippen LogP) is 4.93. The number of allylic oxidation sites excluding steroid dienone is 2. The molecule has 0 bridgehead atoms. The third kappa shape index (κ3) is 6.29. The lowest BCUT2D eigenvalue weighted by Crippen LogP contribution is -2.38. The van der Waals surface area contributed by atoms with E-state index in [0.29, 0.717) is 5.41 Å². The summed E-state index contributed by atoms with van der Waals surface area (Å²) in [7, 11) is 0. The van der Waals surface area contributed by atoms with E-state index in [0.717, 1.165) is 25.5 Å². The smallest absolute Gasteiger partial charge is 0.0972 e. The normalized spacial score (nSPS) is 18.9. The van der Waals surface area contributed by atoms with Crippen LogP contribution >= 0.6 is 0 Å². The number of piperidine rings is 1. The monoisotopic (exact) mass is 269 g/mol. The summed E-state index contributed by atoms with van der Waals surface area (Å²) >= 11 is 0. The van der Waals surface area contributed by atoms with Crippen LogP contribution in [-0.4, -0.2) is 19.7 Å². The van der Waals surface area contributed by atoms with E-state index in [4.69, 9.17) is 4.74 Å². The third-order valence-electron chi connectivity index (χ3n) is 3.45. The molecule has 0 aromatic heterocycles. The topological polar surface area (TPSA) is 21.3 Å². The van der Waals surface area contributed by atoms with Gasteiger partial charge in [0.05, 0.1) is 12.4 Å². The highest BCUT2D eigenvalue weighted by Gasteiger charge is 2.39. The summed E-state index contributed by atoms with van der Waals surface area (Å²) in [4.78, 5) is 0. The Morgan fingerprint density at radius 2 is 1.53 bits per heavy atom. The Labute approximate surface area is 121 Å². The maximum Gasteiger partial charge on any atom is 0.0972 e. The first-order chi connectivity index (χ1) is 9.16. The molecule has 2 aliphatic rings. The molecule has 2 aliphatic heterocycles. The van der Waals surface area contributed by atoms with Gasteiger partial charge in [-0.25, -0.2) is 0 Å². The largest absolute Gasteiger partial charge is 0.497 e. The van der Waals surface area contributed by atoms with Gasteiger partial charge in [0.25, 0.3) is 0 Å². The standard InChI is InChI=1S/C10H17NO.C3H6.2C2H6/c1-8-9(2)12-7-10(8)3-5-11-6-4-10;1-3-2;2*1-2/h11H,3-7H2,1-2H3;3H,1H2,2H3;2*1-2H3. The van der Waals surface area contributed by atoms with E-state index in [-0.39, 0.29) is 0 Å². The molecular weight excluding hydrogens is 234 g/mol. The molecule has 0 unspecified atom stereocenters. The summed E-state index contributed by atoms with van der Waals surface area (Å²) in [6, 6.07) is 0. The van der Waals surface area contributed by atoms with Gasteiger partial charge < -0.3 is 10.1 Å². The molecule has 2 heteroatoms. The molecule has 2 rings (SSSR count). The van der Waals surface area contributed by atoms with Crippen molar-refractivity contribution in [2.45, 2.75) is 61.3 Å². The van der Waals surface area contributed by atoms with E-state index in [2.05, 4.69) is 25.7 Å². The maximum atomic E-state index is 5.61. The fraction of sp³-hybridized carbons (Fsp3) is 0.765. The molecule has 1 saturated heterocycles. The molecule has 0 atom stereocenters.